The largest absolute Gasteiger partial charge is 0.478 e. The number of hydrogen-bond acceptors (Lipinski definition) is 6. The summed E-state index contributed by atoms with van der Waals surface area (Å²) >= 11 is 13.5. The molecular weight excluding hydrogens is 445 g/mol. The van der Waals surface area contributed by atoms with Crippen molar-refractivity contribution in [3.05, 3.63) is 69.8 Å². The minimum atomic E-state index is -1.05. The summed E-state index contributed by atoms with van der Waals surface area (Å²) in [7, 11) is 1.47. The van der Waals surface area contributed by atoms with Crippen molar-refractivity contribution < 1.29 is 14.6 Å². The summed E-state index contributed by atoms with van der Waals surface area (Å²) < 4.78 is 4.95. The van der Waals surface area contributed by atoms with Crippen LogP contribution in [0.15, 0.2) is 54.2 Å². The highest BCUT2D eigenvalue weighted by Gasteiger charge is 2.16. The third kappa shape index (κ3) is 4.00. The molecule has 0 spiro atoms. The summed E-state index contributed by atoms with van der Waals surface area (Å²) in [5, 5.41) is 13.2. The number of carboxylic acid groups (broad SMARTS) is 1. The number of thiazole rings is 1. The molecule has 30 heavy (non-hydrogen) atoms. The number of hydrogen-bond donors (Lipinski definition) is 1. The molecule has 0 saturated heterocycles. The van der Waals surface area contributed by atoms with Gasteiger partial charge in [0.1, 0.15) is 5.01 Å². The van der Waals surface area contributed by atoms with E-state index in [1.165, 1.54) is 30.8 Å². The Morgan fingerprint density at radius 2 is 1.73 bits per heavy atom. The van der Waals surface area contributed by atoms with Crippen LogP contribution in [-0.2, 0) is 0 Å². The van der Waals surface area contributed by atoms with Crippen LogP contribution >= 0.6 is 34.5 Å². The average Bonchev–Trinajstić information content (AvgIpc) is 3.25. The third-order valence-electron chi connectivity index (χ3n) is 4.34. The number of carboxylic acids is 1. The molecule has 0 bridgehead atoms. The molecule has 4 aromatic rings. The average molecular weight is 458 g/mol. The number of aromatic nitrogens is 3. The second-order valence-electron chi connectivity index (χ2n) is 6.19. The van der Waals surface area contributed by atoms with Crippen LogP contribution in [0, 0.1) is 0 Å². The molecule has 150 valence electrons. The van der Waals surface area contributed by atoms with E-state index in [0.29, 0.717) is 31.7 Å². The molecule has 0 aliphatic rings. The van der Waals surface area contributed by atoms with Crippen molar-refractivity contribution in [2.75, 3.05) is 7.11 Å². The molecule has 9 heteroatoms. The summed E-state index contributed by atoms with van der Waals surface area (Å²) in [4.78, 5) is 24.6. The highest BCUT2D eigenvalue weighted by molar-refractivity contribution is 7.13. The molecule has 1 N–H and O–H groups in total. The van der Waals surface area contributed by atoms with E-state index in [4.69, 9.17) is 27.9 Å². The zero-order chi connectivity index (χ0) is 21.3. The van der Waals surface area contributed by atoms with E-state index in [1.807, 2.05) is 17.5 Å². The van der Waals surface area contributed by atoms with Crippen LogP contribution in [0.3, 0.4) is 0 Å². The van der Waals surface area contributed by atoms with Gasteiger partial charge in [0.2, 0.25) is 0 Å². The summed E-state index contributed by atoms with van der Waals surface area (Å²) in [6, 6.07) is 10.7. The number of nitrogens with zero attached hydrogens (tertiary/aromatic N) is 3. The smallest absolute Gasteiger partial charge is 0.336 e. The van der Waals surface area contributed by atoms with Gasteiger partial charge >= 0.3 is 12.0 Å². The van der Waals surface area contributed by atoms with Crippen molar-refractivity contribution in [1.82, 2.24) is 15.0 Å². The number of aromatic carboxylic acids is 1. The normalized spacial score (nSPS) is 10.8. The molecule has 0 unspecified atom stereocenters. The summed E-state index contributed by atoms with van der Waals surface area (Å²) in [5.41, 5.74) is 3.48. The molecular formula is C21H13Cl2N3O3S. The summed E-state index contributed by atoms with van der Waals surface area (Å²) in [6.07, 6.45) is 3.05. The van der Waals surface area contributed by atoms with Crippen molar-refractivity contribution in [3.8, 4) is 39.0 Å². The van der Waals surface area contributed by atoms with Gasteiger partial charge in [-0.1, -0.05) is 41.4 Å². The first-order valence-electron chi connectivity index (χ1n) is 8.61. The van der Waals surface area contributed by atoms with E-state index in [2.05, 4.69) is 15.0 Å². The van der Waals surface area contributed by atoms with Gasteiger partial charge in [-0.3, -0.25) is 0 Å². The lowest BCUT2D eigenvalue weighted by molar-refractivity contribution is 0.0698. The molecule has 0 fully saturated rings. The van der Waals surface area contributed by atoms with Gasteiger partial charge in [-0.05, 0) is 23.8 Å². The maximum absolute atomic E-state index is 11.9. The van der Waals surface area contributed by atoms with Gasteiger partial charge in [0, 0.05) is 34.5 Å². The fraction of sp³-hybridized carbons (Fsp3) is 0.0476. The highest BCUT2D eigenvalue weighted by atomic mass is 35.5. The van der Waals surface area contributed by atoms with Crippen molar-refractivity contribution in [1.29, 1.82) is 0 Å². The van der Waals surface area contributed by atoms with E-state index >= 15 is 0 Å². The number of ether oxygens (including phenoxy) is 1. The first kappa shape index (κ1) is 20.3. The Hall–Kier alpha value is -3.00. The lowest BCUT2D eigenvalue weighted by atomic mass is 9.99. The molecule has 0 aliphatic carbocycles. The lowest BCUT2D eigenvalue weighted by Gasteiger charge is -2.08. The van der Waals surface area contributed by atoms with Gasteiger partial charge < -0.3 is 9.84 Å². The van der Waals surface area contributed by atoms with Crippen LogP contribution in [-0.4, -0.2) is 33.1 Å². The number of methoxy groups -OCH3 is 1. The van der Waals surface area contributed by atoms with E-state index in [-0.39, 0.29) is 11.6 Å². The van der Waals surface area contributed by atoms with Crippen LogP contribution in [0.1, 0.15) is 10.4 Å². The minimum absolute atomic E-state index is 0.132. The van der Waals surface area contributed by atoms with Crippen LogP contribution in [0.25, 0.3) is 33.0 Å². The number of carbonyl (C=O) groups is 1. The van der Waals surface area contributed by atoms with Crippen molar-refractivity contribution in [2.45, 2.75) is 0 Å². The van der Waals surface area contributed by atoms with Gasteiger partial charge in [0.15, 0.2) is 0 Å². The number of rotatable bonds is 5. The SMILES string of the molecule is COc1ncc(-c2ccc(-c3nc(-c4ccc(Cl)c(Cl)c4)cs3)cc2C(=O)O)cn1. The maximum Gasteiger partial charge on any atom is 0.336 e. The first-order valence-corrected chi connectivity index (χ1v) is 10.2. The van der Waals surface area contributed by atoms with Gasteiger partial charge in [-0.2, -0.15) is 0 Å². The molecule has 0 amide bonds. The van der Waals surface area contributed by atoms with Gasteiger partial charge in [-0.15, -0.1) is 11.3 Å². The molecule has 2 aromatic carbocycles. The quantitative estimate of drug-likeness (QED) is 0.398. The van der Waals surface area contributed by atoms with Crippen molar-refractivity contribution in [3.63, 3.8) is 0 Å². The molecule has 6 nitrogen and oxygen atoms in total. The summed E-state index contributed by atoms with van der Waals surface area (Å²) in [5.74, 6) is -1.05. The predicted octanol–water partition coefficient (Wildman–Crippen LogP) is 5.95. The molecule has 4 rings (SSSR count). The van der Waals surface area contributed by atoms with E-state index in [1.54, 1.807) is 24.3 Å². The number of halogens is 2. The zero-order valence-electron chi connectivity index (χ0n) is 15.5. The van der Waals surface area contributed by atoms with Crippen LogP contribution in [0.2, 0.25) is 10.0 Å². The first-order chi connectivity index (χ1) is 14.5. The second-order valence-corrected chi connectivity index (χ2v) is 7.86. The second kappa shape index (κ2) is 8.39. The van der Waals surface area contributed by atoms with Gasteiger partial charge in [0.25, 0.3) is 0 Å². The van der Waals surface area contributed by atoms with Crippen LogP contribution < -0.4 is 4.74 Å². The minimum Gasteiger partial charge on any atom is -0.478 e. The standard InChI is InChI=1S/C21H13Cl2N3O3S/c1-29-21-24-8-13(9-25-21)14-4-2-12(6-15(14)20(27)28)19-26-18(10-30-19)11-3-5-16(22)17(23)7-11/h2-10H,1H3,(H,27,28). The molecule has 0 atom stereocenters. The Morgan fingerprint density at radius 3 is 2.40 bits per heavy atom. The Balaban J connectivity index is 1.71. The summed E-state index contributed by atoms with van der Waals surface area (Å²) in [6.45, 7) is 0. The Bertz CT molecular complexity index is 1240. The third-order valence-corrected chi connectivity index (χ3v) is 5.97. The van der Waals surface area contributed by atoms with E-state index in [0.717, 1.165) is 11.3 Å². The van der Waals surface area contributed by atoms with Gasteiger partial charge in [0.05, 0.1) is 28.4 Å². The van der Waals surface area contributed by atoms with Crippen molar-refractivity contribution >= 4 is 40.5 Å². The van der Waals surface area contributed by atoms with Crippen LogP contribution in [0.4, 0.5) is 0 Å². The maximum atomic E-state index is 11.9. The highest BCUT2D eigenvalue weighted by Crippen LogP contribution is 2.34. The van der Waals surface area contributed by atoms with Crippen LogP contribution in [0.5, 0.6) is 6.01 Å². The fourth-order valence-electron chi connectivity index (χ4n) is 2.86. The molecule has 2 heterocycles. The molecule has 0 aliphatic heterocycles. The molecule has 2 aromatic heterocycles. The van der Waals surface area contributed by atoms with E-state index < -0.39 is 5.97 Å². The van der Waals surface area contributed by atoms with E-state index in [9.17, 15) is 9.90 Å². The topological polar surface area (TPSA) is 85.2 Å². The Morgan fingerprint density at radius 1 is 1.00 bits per heavy atom. The predicted molar refractivity (Wildman–Crippen MR) is 118 cm³/mol. The molecule has 0 saturated carbocycles. The fourth-order valence-corrected chi connectivity index (χ4v) is 3.99. The Labute approximate surface area is 185 Å². The van der Waals surface area contributed by atoms with Crippen molar-refractivity contribution in [2.24, 2.45) is 0 Å². The molecule has 0 radical (unpaired) electrons. The lowest BCUT2D eigenvalue weighted by Crippen LogP contribution is -2.01. The zero-order valence-corrected chi connectivity index (χ0v) is 17.8. The number of benzene rings is 2. The monoisotopic (exact) mass is 457 g/mol. The van der Waals surface area contributed by atoms with Gasteiger partial charge in [-0.25, -0.2) is 19.7 Å². The Kier molecular flexibility index (Phi) is 5.67.